The fourth-order valence-electron chi connectivity index (χ4n) is 1.83. The van der Waals surface area contributed by atoms with Gasteiger partial charge in [-0.3, -0.25) is 4.79 Å². The van der Waals surface area contributed by atoms with Crippen LogP contribution in [0.3, 0.4) is 0 Å². The summed E-state index contributed by atoms with van der Waals surface area (Å²) < 4.78 is 11.4. The van der Waals surface area contributed by atoms with Crippen LogP contribution in [0, 0.1) is 0 Å². The van der Waals surface area contributed by atoms with Gasteiger partial charge in [0, 0.05) is 4.47 Å². The molecule has 1 amide bonds. The number of amides is 1. The molecule has 0 fully saturated rings. The molecular formula is C17H17BrN2O4. The number of hydrogen-bond acceptors (Lipinski definition) is 5. The summed E-state index contributed by atoms with van der Waals surface area (Å²) in [6.45, 7) is 1.63. The van der Waals surface area contributed by atoms with Crippen molar-refractivity contribution in [2.75, 3.05) is 7.11 Å². The van der Waals surface area contributed by atoms with Gasteiger partial charge in [-0.2, -0.15) is 5.10 Å². The van der Waals surface area contributed by atoms with Crippen molar-refractivity contribution in [3.8, 4) is 17.2 Å². The molecule has 126 valence electrons. The Labute approximate surface area is 148 Å². The van der Waals surface area contributed by atoms with Gasteiger partial charge in [0.2, 0.25) is 0 Å². The maximum absolute atomic E-state index is 12.0. The number of rotatable bonds is 6. The third-order valence-corrected chi connectivity index (χ3v) is 3.56. The maximum atomic E-state index is 12.0. The van der Waals surface area contributed by atoms with E-state index in [1.54, 1.807) is 31.2 Å². The Hall–Kier alpha value is -2.54. The molecular weight excluding hydrogens is 376 g/mol. The second kappa shape index (κ2) is 8.35. The molecule has 0 radical (unpaired) electrons. The lowest BCUT2D eigenvalue weighted by Gasteiger charge is -2.13. The Balaban J connectivity index is 1.92. The SMILES string of the molecule is COc1cc(/C=N\NC(=O)[C@@H](C)Oc2cccc(Br)c2)ccc1O. The third kappa shape index (κ3) is 4.99. The van der Waals surface area contributed by atoms with Gasteiger partial charge in [-0.15, -0.1) is 0 Å². The van der Waals surface area contributed by atoms with E-state index in [9.17, 15) is 9.90 Å². The summed E-state index contributed by atoms with van der Waals surface area (Å²) in [5.74, 6) is 0.572. The Morgan fingerprint density at radius 1 is 1.33 bits per heavy atom. The van der Waals surface area contributed by atoms with Gasteiger partial charge in [0.15, 0.2) is 17.6 Å². The van der Waals surface area contributed by atoms with Crippen LogP contribution in [0.25, 0.3) is 0 Å². The molecule has 0 heterocycles. The standard InChI is InChI=1S/C17H17BrN2O4/c1-11(24-14-5-3-4-13(18)9-14)17(22)20-19-10-12-6-7-15(21)16(8-12)23-2/h3-11,21H,1-2H3,(H,20,22)/b19-10-/t11-/m1/s1. The zero-order valence-corrected chi connectivity index (χ0v) is 14.8. The number of nitrogens with one attached hydrogen (secondary N) is 1. The first-order chi connectivity index (χ1) is 11.5. The number of ether oxygens (including phenoxy) is 2. The number of benzene rings is 2. The van der Waals surface area contributed by atoms with Crippen LogP contribution in [0.15, 0.2) is 52.0 Å². The van der Waals surface area contributed by atoms with E-state index >= 15 is 0 Å². The molecule has 2 aromatic carbocycles. The van der Waals surface area contributed by atoms with Crippen molar-refractivity contribution in [2.24, 2.45) is 5.10 Å². The Morgan fingerprint density at radius 3 is 2.83 bits per heavy atom. The molecule has 0 aliphatic heterocycles. The van der Waals surface area contributed by atoms with Gasteiger partial charge in [0.1, 0.15) is 5.75 Å². The maximum Gasteiger partial charge on any atom is 0.280 e. The Bertz CT molecular complexity index is 749. The second-order valence-electron chi connectivity index (χ2n) is 4.88. The minimum Gasteiger partial charge on any atom is -0.504 e. The molecule has 7 heteroatoms. The summed E-state index contributed by atoms with van der Waals surface area (Å²) in [7, 11) is 1.46. The molecule has 2 aromatic rings. The van der Waals surface area contributed by atoms with Crippen molar-refractivity contribution >= 4 is 28.1 Å². The van der Waals surface area contributed by atoms with E-state index in [-0.39, 0.29) is 11.7 Å². The molecule has 0 aliphatic rings. The van der Waals surface area contributed by atoms with E-state index in [2.05, 4.69) is 26.5 Å². The van der Waals surface area contributed by atoms with Crippen LogP contribution >= 0.6 is 15.9 Å². The van der Waals surface area contributed by atoms with Gasteiger partial charge in [-0.25, -0.2) is 5.43 Å². The van der Waals surface area contributed by atoms with Gasteiger partial charge < -0.3 is 14.6 Å². The van der Waals surface area contributed by atoms with Gasteiger partial charge in [-0.1, -0.05) is 22.0 Å². The number of carbonyl (C=O) groups excluding carboxylic acids is 1. The quantitative estimate of drug-likeness (QED) is 0.584. The number of nitrogens with zero attached hydrogens (tertiary/aromatic N) is 1. The van der Waals surface area contributed by atoms with Crippen molar-refractivity contribution in [3.63, 3.8) is 0 Å². The topological polar surface area (TPSA) is 80.2 Å². The molecule has 0 spiro atoms. The van der Waals surface area contributed by atoms with Crippen LogP contribution in [-0.2, 0) is 4.79 Å². The predicted molar refractivity (Wildman–Crippen MR) is 94.6 cm³/mol. The Kier molecular flexibility index (Phi) is 6.20. The fourth-order valence-corrected chi connectivity index (χ4v) is 2.21. The molecule has 24 heavy (non-hydrogen) atoms. The summed E-state index contributed by atoms with van der Waals surface area (Å²) in [6, 6.07) is 12.0. The fraction of sp³-hybridized carbons (Fsp3) is 0.176. The van der Waals surface area contributed by atoms with Crippen molar-refractivity contribution in [3.05, 3.63) is 52.5 Å². The summed E-state index contributed by atoms with van der Waals surface area (Å²) in [5.41, 5.74) is 3.08. The van der Waals surface area contributed by atoms with Crippen LogP contribution < -0.4 is 14.9 Å². The zero-order chi connectivity index (χ0) is 17.5. The summed E-state index contributed by atoms with van der Waals surface area (Å²) in [5, 5.41) is 13.4. The number of phenols is 1. The molecule has 1 atom stereocenters. The van der Waals surface area contributed by atoms with E-state index < -0.39 is 6.10 Å². The average Bonchev–Trinajstić information content (AvgIpc) is 2.56. The first kappa shape index (κ1) is 17.8. The normalized spacial score (nSPS) is 12.0. The predicted octanol–water partition coefficient (Wildman–Crippen LogP) is 3.08. The van der Waals surface area contributed by atoms with E-state index in [4.69, 9.17) is 9.47 Å². The molecule has 2 rings (SSSR count). The van der Waals surface area contributed by atoms with E-state index in [0.29, 0.717) is 17.1 Å². The Morgan fingerprint density at radius 2 is 2.12 bits per heavy atom. The number of hydrazone groups is 1. The minimum atomic E-state index is -0.703. The summed E-state index contributed by atoms with van der Waals surface area (Å²) in [6.07, 6.45) is 0.747. The van der Waals surface area contributed by atoms with Crippen molar-refractivity contribution in [1.29, 1.82) is 0 Å². The highest BCUT2D eigenvalue weighted by Gasteiger charge is 2.13. The monoisotopic (exact) mass is 392 g/mol. The lowest BCUT2D eigenvalue weighted by molar-refractivity contribution is -0.127. The smallest absolute Gasteiger partial charge is 0.280 e. The lowest BCUT2D eigenvalue weighted by atomic mass is 10.2. The van der Waals surface area contributed by atoms with E-state index in [1.807, 2.05) is 12.1 Å². The van der Waals surface area contributed by atoms with Crippen molar-refractivity contribution in [2.45, 2.75) is 13.0 Å². The number of phenolic OH excluding ortho intramolecular Hbond substituents is 1. The molecule has 2 N–H and O–H groups in total. The van der Waals surface area contributed by atoms with E-state index in [0.717, 1.165) is 4.47 Å². The highest BCUT2D eigenvalue weighted by Crippen LogP contribution is 2.25. The van der Waals surface area contributed by atoms with Crippen molar-refractivity contribution in [1.82, 2.24) is 5.43 Å². The zero-order valence-electron chi connectivity index (χ0n) is 13.2. The summed E-state index contributed by atoms with van der Waals surface area (Å²) in [4.78, 5) is 12.0. The van der Waals surface area contributed by atoms with Crippen LogP contribution in [0.1, 0.15) is 12.5 Å². The first-order valence-electron chi connectivity index (χ1n) is 7.11. The molecule has 0 unspecified atom stereocenters. The molecule has 0 saturated heterocycles. The first-order valence-corrected chi connectivity index (χ1v) is 7.91. The molecule has 0 bridgehead atoms. The number of aromatic hydroxyl groups is 1. The van der Waals surface area contributed by atoms with Crippen LogP contribution in [0.5, 0.6) is 17.2 Å². The number of methoxy groups -OCH3 is 1. The number of hydrogen-bond donors (Lipinski definition) is 2. The molecule has 0 aromatic heterocycles. The molecule has 0 aliphatic carbocycles. The van der Waals surface area contributed by atoms with Crippen LogP contribution in [0.4, 0.5) is 0 Å². The lowest BCUT2D eigenvalue weighted by Crippen LogP contribution is -2.33. The van der Waals surface area contributed by atoms with Gasteiger partial charge in [-0.05, 0) is 48.9 Å². The third-order valence-electron chi connectivity index (χ3n) is 3.07. The summed E-state index contributed by atoms with van der Waals surface area (Å²) >= 11 is 3.34. The van der Waals surface area contributed by atoms with Crippen LogP contribution in [-0.4, -0.2) is 30.4 Å². The van der Waals surface area contributed by atoms with E-state index in [1.165, 1.54) is 19.4 Å². The minimum absolute atomic E-state index is 0.0368. The highest BCUT2D eigenvalue weighted by atomic mass is 79.9. The average molecular weight is 393 g/mol. The molecule has 6 nitrogen and oxygen atoms in total. The largest absolute Gasteiger partial charge is 0.504 e. The number of carbonyl (C=O) groups is 1. The van der Waals surface area contributed by atoms with Gasteiger partial charge in [0.25, 0.3) is 5.91 Å². The highest BCUT2D eigenvalue weighted by molar-refractivity contribution is 9.10. The van der Waals surface area contributed by atoms with Gasteiger partial charge in [0.05, 0.1) is 13.3 Å². The van der Waals surface area contributed by atoms with Gasteiger partial charge >= 0.3 is 0 Å². The number of halogens is 1. The second-order valence-corrected chi connectivity index (χ2v) is 5.80. The van der Waals surface area contributed by atoms with Crippen molar-refractivity contribution < 1.29 is 19.4 Å². The molecule has 0 saturated carbocycles. The van der Waals surface area contributed by atoms with Crippen LogP contribution in [0.2, 0.25) is 0 Å².